The number of piperidine rings is 1. The van der Waals surface area contributed by atoms with Gasteiger partial charge in [0, 0.05) is 40.2 Å². The predicted octanol–water partition coefficient (Wildman–Crippen LogP) is 1.10. The molecule has 0 aromatic carbocycles. The SMILES string of the molecule is CC(=O)N1CCC[C@H](Nc2ncc(F)c(N(C)C)n2)C1. The lowest BCUT2D eigenvalue weighted by Gasteiger charge is -2.32. The monoisotopic (exact) mass is 281 g/mol. The van der Waals surface area contributed by atoms with Gasteiger partial charge in [0.1, 0.15) is 0 Å². The van der Waals surface area contributed by atoms with Crippen molar-refractivity contribution in [2.45, 2.75) is 25.8 Å². The molecule has 1 aromatic rings. The molecule has 20 heavy (non-hydrogen) atoms. The van der Waals surface area contributed by atoms with Crippen LogP contribution < -0.4 is 10.2 Å². The van der Waals surface area contributed by atoms with Gasteiger partial charge in [0.25, 0.3) is 0 Å². The van der Waals surface area contributed by atoms with E-state index >= 15 is 0 Å². The van der Waals surface area contributed by atoms with E-state index in [9.17, 15) is 9.18 Å². The summed E-state index contributed by atoms with van der Waals surface area (Å²) in [6.45, 7) is 3.00. The van der Waals surface area contributed by atoms with E-state index in [4.69, 9.17) is 0 Å². The number of hydrogen-bond donors (Lipinski definition) is 1. The van der Waals surface area contributed by atoms with Crippen molar-refractivity contribution >= 4 is 17.7 Å². The molecule has 1 N–H and O–H groups in total. The van der Waals surface area contributed by atoms with Gasteiger partial charge < -0.3 is 15.1 Å². The van der Waals surface area contributed by atoms with Gasteiger partial charge in [0.05, 0.1) is 6.20 Å². The third-order valence-corrected chi connectivity index (χ3v) is 3.35. The Balaban J connectivity index is 2.06. The highest BCUT2D eigenvalue weighted by Gasteiger charge is 2.22. The normalized spacial score (nSPS) is 18.8. The van der Waals surface area contributed by atoms with Gasteiger partial charge in [-0.3, -0.25) is 4.79 Å². The molecule has 1 aliphatic rings. The predicted molar refractivity (Wildman–Crippen MR) is 75.2 cm³/mol. The first kappa shape index (κ1) is 14.5. The van der Waals surface area contributed by atoms with Crippen molar-refractivity contribution in [2.75, 3.05) is 37.4 Å². The van der Waals surface area contributed by atoms with Crippen molar-refractivity contribution in [3.63, 3.8) is 0 Å². The van der Waals surface area contributed by atoms with Gasteiger partial charge >= 0.3 is 0 Å². The van der Waals surface area contributed by atoms with Gasteiger partial charge in [-0.25, -0.2) is 9.37 Å². The quantitative estimate of drug-likeness (QED) is 0.899. The average molecular weight is 281 g/mol. The maximum absolute atomic E-state index is 13.5. The van der Waals surface area contributed by atoms with Crippen molar-refractivity contribution in [1.29, 1.82) is 0 Å². The molecule has 0 aliphatic carbocycles. The molecule has 6 nitrogen and oxygen atoms in total. The molecular weight excluding hydrogens is 261 g/mol. The van der Waals surface area contributed by atoms with Crippen LogP contribution in [-0.2, 0) is 4.79 Å². The van der Waals surface area contributed by atoms with Crippen molar-refractivity contribution in [3.05, 3.63) is 12.0 Å². The summed E-state index contributed by atoms with van der Waals surface area (Å²) in [5, 5.41) is 3.18. The molecule has 0 radical (unpaired) electrons. The molecule has 1 saturated heterocycles. The summed E-state index contributed by atoms with van der Waals surface area (Å²) < 4.78 is 13.5. The van der Waals surface area contributed by atoms with E-state index in [1.54, 1.807) is 30.8 Å². The first-order valence-corrected chi connectivity index (χ1v) is 6.69. The zero-order valence-electron chi connectivity index (χ0n) is 12.1. The van der Waals surface area contributed by atoms with Gasteiger partial charge in [0.2, 0.25) is 11.9 Å². The standard InChI is InChI=1S/C13H20FN5O/c1-9(20)19-6-4-5-10(8-19)16-13-15-7-11(14)12(17-13)18(2)3/h7,10H,4-6,8H2,1-3H3,(H,15,16,17)/t10-/m0/s1. The van der Waals surface area contributed by atoms with Crippen molar-refractivity contribution in [2.24, 2.45) is 0 Å². The summed E-state index contributed by atoms with van der Waals surface area (Å²) in [7, 11) is 3.46. The summed E-state index contributed by atoms with van der Waals surface area (Å²) >= 11 is 0. The Hall–Kier alpha value is -1.92. The van der Waals surface area contributed by atoms with Gasteiger partial charge in [-0.2, -0.15) is 4.98 Å². The van der Waals surface area contributed by atoms with Crippen molar-refractivity contribution in [3.8, 4) is 0 Å². The minimum Gasteiger partial charge on any atom is -0.360 e. The van der Waals surface area contributed by atoms with E-state index in [-0.39, 0.29) is 17.8 Å². The Labute approximate surface area is 118 Å². The molecule has 0 saturated carbocycles. The van der Waals surface area contributed by atoms with Crippen LogP contribution in [0.5, 0.6) is 0 Å². The van der Waals surface area contributed by atoms with Gasteiger partial charge in [0.15, 0.2) is 11.6 Å². The number of rotatable bonds is 3. The van der Waals surface area contributed by atoms with Crippen LogP contribution in [0.1, 0.15) is 19.8 Å². The number of hydrogen-bond acceptors (Lipinski definition) is 5. The molecule has 0 unspecified atom stereocenters. The molecule has 1 fully saturated rings. The lowest BCUT2D eigenvalue weighted by molar-refractivity contribution is -0.129. The Morgan fingerprint density at radius 2 is 2.30 bits per heavy atom. The maximum atomic E-state index is 13.5. The number of carbonyl (C=O) groups excluding carboxylic acids is 1. The van der Waals surface area contributed by atoms with E-state index in [1.807, 2.05) is 0 Å². The molecule has 0 bridgehead atoms. The van der Waals surface area contributed by atoms with Crippen LogP contribution in [0, 0.1) is 5.82 Å². The average Bonchev–Trinajstić information content (AvgIpc) is 2.41. The number of nitrogens with zero attached hydrogens (tertiary/aromatic N) is 4. The molecule has 2 rings (SSSR count). The van der Waals surface area contributed by atoms with Crippen LogP contribution in [-0.4, -0.2) is 54.0 Å². The number of halogens is 1. The third-order valence-electron chi connectivity index (χ3n) is 3.35. The highest BCUT2D eigenvalue weighted by molar-refractivity contribution is 5.73. The van der Waals surface area contributed by atoms with Crippen LogP contribution in [0.15, 0.2) is 6.20 Å². The molecule has 0 spiro atoms. The molecular formula is C13H20FN5O. The number of carbonyl (C=O) groups is 1. The van der Waals surface area contributed by atoms with Gasteiger partial charge in [-0.1, -0.05) is 0 Å². The van der Waals surface area contributed by atoms with Crippen LogP contribution in [0.2, 0.25) is 0 Å². The first-order chi connectivity index (χ1) is 9.47. The van der Waals surface area contributed by atoms with E-state index in [0.717, 1.165) is 25.6 Å². The fraction of sp³-hybridized carbons (Fsp3) is 0.615. The molecule has 7 heteroatoms. The molecule has 1 atom stereocenters. The number of aromatic nitrogens is 2. The minimum atomic E-state index is -0.449. The number of nitrogens with one attached hydrogen (secondary N) is 1. The summed E-state index contributed by atoms with van der Waals surface area (Å²) in [6, 6.07) is 0.105. The second-order valence-corrected chi connectivity index (χ2v) is 5.21. The largest absolute Gasteiger partial charge is 0.360 e. The number of anilines is 2. The van der Waals surface area contributed by atoms with Crippen molar-refractivity contribution in [1.82, 2.24) is 14.9 Å². The van der Waals surface area contributed by atoms with Crippen molar-refractivity contribution < 1.29 is 9.18 Å². The van der Waals surface area contributed by atoms with E-state index in [1.165, 1.54) is 0 Å². The van der Waals surface area contributed by atoms with Crippen LogP contribution in [0.4, 0.5) is 16.2 Å². The van der Waals surface area contributed by atoms with E-state index in [2.05, 4.69) is 15.3 Å². The van der Waals surface area contributed by atoms with Gasteiger partial charge in [-0.05, 0) is 12.8 Å². The third kappa shape index (κ3) is 3.34. The zero-order chi connectivity index (χ0) is 14.7. The Bertz CT molecular complexity index is 494. The summed E-state index contributed by atoms with van der Waals surface area (Å²) in [5.74, 6) is 0.271. The highest BCUT2D eigenvalue weighted by atomic mass is 19.1. The second kappa shape index (κ2) is 6.02. The lowest BCUT2D eigenvalue weighted by atomic mass is 10.1. The topological polar surface area (TPSA) is 61.4 Å². The fourth-order valence-corrected chi connectivity index (χ4v) is 2.30. The van der Waals surface area contributed by atoms with E-state index < -0.39 is 5.82 Å². The highest BCUT2D eigenvalue weighted by Crippen LogP contribution is 2.17. The number of likely N-dealkylation sites (tertiary alicyclic amines) is 1. The summed E-state index contributed by atoms with van der Waals surface area (Å²) in [6.07, 6.45) is 3.05. The summed E-state index contributed by atoms with van der Waals surface area (Å²) in [5.41, 5.74) is 0. The Morgan fingerprint density at radius 3 is 2.95 bits per heavy atom. The molecule has 1 amide bonds. The maximum Gasteiger partial charge on any atom is 0.225 e. The molecule has 2 heterocycles. The zero-order valence-corrected chi connectivity index (χ0v) is 12.1. The fourth-order valence-electron chi connectivity index (χ4n) is 2.30. The van der Waals surface area contributed by atoms with Crippen LogP contribution in [0.25, 0.3) is 0 Å². The lowest BCUT2D eigenvalue weighted by Crippen LogP contribution is -2.44. The summed E-state index contributed by atoms with van der Waals surface area (Å²) in [4.78, 5) is 22.9. The number of amides is 1. The second-order valence-electron chi connectivity index (χ2n) is 5.21. The smallest absolute Gasteiger partial charge is 0.225 e. The first-order valence-electron chi connectivity index (χ1n) is 6.69. The van der Waals surface area contributed by atoms with Crippen LogP contribution >= 0.6 is 0 Å². The molecule has 1 aromatic heterocycles. The van der Waals surface area contributed by atoms with E-state index in [0.29, 0.717) is 12.5 Å². The minimum absolute atomic E-state index is 0.0745. The Kier molecular flexibility index (Phi) is 4.36. The molecule has 110 valence electrons. The Morgan fingerprint density at radius 1 is 1.55 bits per heavy atom. The molecule has 1 aliphatic heterocycles. The van der Waals surface area contributed by atoms with Gasteiger partial charge in [-0.15, -0.1) is 0 Å². The van der Waals surface area contributed by atoms with Crippen LogP contribution in [0.3, 0.4) is 0 Å².